The second-order valence-electron chi connectivity index (χ2n) is 5.27. The number of carbonyl (C=O) groups excluding carboxylic acids is 1. The minimum absolute atomic E-state index is 0.0578. The number of fused-ring (bicyclic) bond motifs is 1. The van der Waals surface area contributed by atoms with Crippen LogP contribution in [0.4, 0.5) is 5.69 Å². The number of rotatable bonds is 3. The molecule has 0 radical (unpaired) electrons. The number of hydrogen-bond acceptors (Lipinski definition) is 2. The van der Waals surface area contributed by atoms with Crippen LogP contribution < -0.4 is 5.32 Å². The van der Waals surface area contributed by atoms with Gasteiger partial charge in [0.1, 0.15) is 0 Å². The van der Waals surface area contributed by atoms with Crippen molar-refractivity contribution in [1.29, 1.82) is 0 Å². The first-order valence-corrected chi connectivity index (χ1v) is 6.65. The molecule has 0 aliphatic heterocycles. The van der Waals surface area contributed by atoms with Crippen molar-refractivity contribution >= 4 is 22.4 Å². The molecular weight excluding hydrogens is 238 g/mol. The normalized spacial score (nSPS) is 16.9. The molecule has 0 bridgehead atoms. The summed E-state index contributed by atoms with van der Waals surface area (Å²) in [6.07, 6.45) is 2.57. The second-order valence-corrected chi connectivity index (χ2v) is 5.27. The molecule has 0 spiro atoms. The van der Waals surface area contributed by atoms with Crippen LogP contribution in [-0.4, -0.2) is 17.6 Å². The number of aliphatic hydroxyl groups is 1. The van der Waals surface area contributed by atoms with Crippen molar-refractivity contribution in [2.75, 3.05) is 11.9 Å². The Labute approximate surface area is 112 Å². The summed E-state index contributed by atoms with van der Waals surface area (Å²) >= 11 is 0. The summed E-state index contributed by atoms with van der Waals surface area (Å²) in [4.78, 5) is 12.3. The number of hydrogen-bond donors (Lipinski definition) is 2. The van der Waals surface area contributed by atoms with E-state index in [4.69, 9.17) is 0 Å². The zero-order valence-corrected chi connectivity index (χ0v) is 10.7. The monoisotopic (exact) mass is 255 g/mol. The predicted molar refractivity (Wildman–Crippen MR) is 75.9 cm³/mol. The average Bonchev–Trinajstić information content (AvgIpc) is 2.38. The van der Waals surface area contributed by atoms with Gasteiger partial charge in [0.25, 0.3) is 0 Å². The Hall–Kier alpha value is -1.87. The van der Waals surface area contributed by atoms with Gasteiger partial charge in [-0.1, -0.05) is 42.8 Å². The van der Waals surface area contributed by atoms with Crippen LogP contribution in [0.5, 0.6) is 0 Å². The van der Waals surface area contributed by atoms with Crippen LogP contribution in [0.15, 0.2) is 42.5 Å². The number of benzene rings is 2. The van der Waals surface area contributed by atoms with Crippen LogP contribution in [0.3, 0.4) is 0 Å². The van der Waals surface area contributed by atoms with Crippen LogP contribution in [-0.2, 0) is 4.79 Å². The zero-order chi connectivity index (χ0) is 13.3. The van der Waals surface area contributed by atoms with Gasteiger partial charge in [-0.2, -0.15) is 0 Å². The molecule has 2 aromatic carbocycles. The maximum atomic E-state index is 12.3. The molecule has 0 heterocycles. The predicted octanol–water partition coefficient (Wildman–Crippen LogP) is 2.94. The van der Waals surface area contributed by atoms with Crippen LogP contribution in [0.25, 0.3) is 10.8 Å². The fraction of sp³-hybridized carbons (Fsp3) is 0.312. The summed E-state index contributed by atoms with van der Waals surface area (Å²) in [6.45, 7) is -0.0659. The first-order valence-electron chi connectivity index (χ1n) is 6.65. The van der Waals surface area contributed by atoms with Crippen LogP contribution in [0, 0.1) is 5.41 Å². The van der Waals surface area contributed by atoms with E-state index in [0.29, 0.717) is 0 Å². The third-order valence-corrected chi connectivity index (χ3v) is 4.13. The highest BCUT2D eigenvalue weighted by molar-refractivity contribution is 6.04. The van der Waals surface area contributed by atoms with Crippen LogP contribution in [0.2, 0.25) is 0 Å². The number of amides is 1. The van der Waals surface area contributed by atoms with E-state index in [9.17, 15) is 9.90 Å². The Kier molecular flexibility index (Phi) is 2.99. The van der Waals surface area contributed by atoms with Crippen LogP contribution in [0.1, 0.15) is 19.3 Å². The number of anilines is 1. The van der Waals surface area contributed by atoms with Gasteiger partial charge in [0.15, 0.2) is 0 Å². The highest BCUT2D eigenvalue weighted by atomic mass is 16.3. The lowest BCUT2D eigenvalue weighted by atomic mass is 9.68. The summed E-state index contributed by atoms with van der Waals surface area (Å²) < 4.78 is 0. The van der Waals surface area contributed by atoms with Crippen molar-refractivity contribution in [3.05, 3.63) is 42.5 Å². The van der Waals surface area contributed by atoms with Crippen molar-refractivity contribution in [2.45, 2.75) is 19.3 Å². The van der Waals surface area contributed by atoms with Gasteiger partial charge in [-0.05, 0) is 24.3 Å². The average molecular weight is 255 g/mol. The fourth-order valence-corrected chi connectivity index (χ4v) is 2.65. The molecule has 0 saturated heterocycles. The van der Waals surface area contributed by atoms with Gasteiger partial charge in [-0.3, -0.25) is 4.79 Å². The lowest BCUT2D eigenvalue weighted by molar-refractivity contribution is -0.133. The van der Waals surface area contributed by atoms with E-state index in [-0.39, 0.29) is 12.5 Å². The van der Waals surface area contributed by atoms with Crippen molar-refractivity contribution < 1.29 is 9.90 Å². The standard InChI is InChI=1S/C16H17NO2/c18-11-16(9-4-10-16)15(19)17-14-8-3-6-12-5-1-2-7-13(12)14/h1-3,5-8,18H,4,9-11H2,(H,17,19). The lowest BCUT2D eigenvalue weighted by Gasteiger charge is -2.38. The molecule has 1 aliphatic carbocycles. The number of aliphatic hydroxyl groups excluding tert-OH is 1. The van der Waals surface area contributed by atoms with Crippen molar-refractivity contribution in [3.63, 3.8) is 0 Å². The van der Waals surface area contributed by atoms with E-state index in [2.05, 4.69) is 5.32 Å². The molecule has 1 saturated carbocycles. The Morgan fingerprint density at radius 2 is 1.89 bits per heavy atom. The van der Waals surface area contributed by atoms with Gasteiger partial charge in [-0.25, -0.2) is 0 Å². The third kappa shape index (κ3) is 2.00. The maximum Gasteiger partial charge on any atom is 0.232 e. The molecule has 2 N–H and O–H groups in total. The van der Waals surface area contributed by atoms with Gasteiger partial charge in [0.05, 0.1) is 12.0 Å². The van der Waals surface area contributed by atoms with E-state index < -0.39 is 5.41 Å². The molecule has 0 aromatic heterocycles. The smallest absolute Gasteiger partial charge is 0.232 e. The molecule has 1 amide bonds. The lowest BCUT2D eigenvalue weighted by Crippen LogP contribution is -2.44. The Bertz CT molecular complexity index is 606. The molecule has 98 valence electrons. The zero-order valence-electron chi connectivity index (χ0n) is 10.7. The summed E-state index contributed by atoms with van der Waals surface area (Å²) in [5.41, 5.74) is 0.263. The van der Waals surface area contributed by atoms with Gasteiger partial charge in [0.2, 0.25) is 5.91 Å². The SMILES string of the molecule is O=C(Nc1cccc2ccccc12)C1(CO)CCC1. The van der Waals surface area contributed by atoms with E-state index in [1.54, 1.807) is 0 Å². The van der Waals surface area contributed by atoms with Crippen LogP contribution >= 0.6 is 0 Å². The van der Waals surface area contributed by atoms with Crippen molar-refractivity contribution in [2.24, 2.45) is 5.41 Å². The van der Waals surface area contributed by atoms with Gasteiger partial charge in [0, 0.05) is 11.1 Å². The first kappa shape index (κ1) is 12.2. The number of nitrogens with one attached hydrogen (secondary N) is 1. The van der Waals surface area contributed by atoms with E-state index in [1.807, 2.05) is 42.5 Å². The second kappa shape index (κ2) is 4.67. The minimum Gasteiger partial charge on any atom is -0.395 e. The van der Waals surface area contributed by atoms with Crippen molar-refractivity contribution in [3.8, 4) is 0 Å². The molecular formula is C16H17NO2. The molecule has 3 nitrogen and oxygen atoms in total. The largest absolute Gasteiger partial charge is 0.395 e. The summed E-state index contributed by atoms with van der Waals surface area (Å²) in [6, 6.07) is 13.8. The molecule has 1 fully saturated rings. The fourth-order valence-electron chi connectivity index (χ4n) is 2.65. The third-order valence-electron chi connectivity index (χ3n) is 4.13. The molecule has 0 unspecified atom stereocenters. The number of carbonyl (C=O) groups is 1. The Morgan fingerprint density at radius 3 is 2.58 bits per heavy atom. The summed E-state index contributed by atoms with van der Waals surface area (Å²) in [5.74, 6) is -0.0578. The molecule has 2 aromatic rings. The Morgan fingerprint density at radius 1 is 1.16 bits per heavy atom. The molecule has 19 heavy (non-hydrogen) atoms. The van der Waals surface area contributed by atoms with Gasteiger partial charge >= 0.3 is 0 Å². The quantitative estimate of drug-likeness (QED) is 0.886. The summed E-state index contributed by atoms with van der Waals surface area (Å²) in [5, 5.41) is 14.6. The minimum atomic E-state index is -0.559. The first-order chi connectivity index (χ1) is 9.25. The molecule has 3 rings (SSSR count). The highest BCUT2D eigenvalue weighted by Crippen LogP contribution is 2.41. The van der Waals surface area contributed by atoms with E-state index in [1.165, 1.54) is 0 Å². The van der Waals surface area contributed by atoms with Gasteiger partial charge < -0.3 is 10.4 Å². The van der Waals surface area contributed by atoms with Crippen molar-refractivity contribution in [1.82, 2.24) is 0 Å². The molecule has 3 heteroatoms. The Balaban J connectivity index is 1.91. The van der Waals surface area contributed by atoms with E-state index in [0.717, 1.165) is 35.7 Å². The molecule has 0 atom stereocenters. The van der Waals surface area contributed by atoms with E-state index >= 15 is 0 Å². The van der Waals surface area contributed by atoms with Gasteiger partial charge in [-0.15, -0.1) is 0 Å². The topological polar surface area (TPSA) is 49.3 Å². The maximum absolute atomic E-state index is 12.3. The highest BCUT2D eigenvalue weighted by Gasteiger charge is 2.43. The summed E-state index contributed by atoms with van der Waals surface area (Å²) in [7, 11) is 0. The molecule has 1 aliphatic rings.